The minimum absolute atomic E-state index is 1.10. The molecule has 0 atom stereocenters. The van der Waals surface area contributed by atoms with Gasteiger partial charge in [-0.05, 0) is 103 Å². The Morgan fingerprint density at radius 3 is 1.35 bits per heavy atom. The Morgan fingerprint density at radius 1 is 0.283 bits per heavy atom. The van der Waals surface area contributed by atoms with Gasteiger partial charge in [0.1, 0.15) is 0 Å². The van der Waals surface area contributed by atoms with Crippen LogP contribution in [-0.4, -0.2) is 0 Å². The smallest absolute Gasteiger partial charge is 0.0640 e. The van der Waals surface area contributed by atoms with Crippen molar-refractivity contribution in [2.75, 3.05) is 4.90 Å². The van der Waals surface area contributed by atoms with Crippen LogP contribution in [0.25, 0.3) is 86.6 Å². The van der Waals surface area contributed by atoms with E-state index < -0.39 is 0 Å². The van der Waals surface area contributed by atoms with Crippen LogP contribution in [0.1, 0.15) is 0 Å². The number of hydrogen-bond donors (Lipinski definition) is 0. The number of fused-ring (bicyclic) bond motifs is 4. The van der Waals surface area contributed by atoms with Crippen molar-refractivity contribution < 1.29 is 0 Å². The molecule has 0 unspecified atom stereocenters. The summed E-state index contributed by atoms with van der Waals surface area (Å²) in [7, 11) is 0. The summed E-state index contributed by atoms with van der Waals surface area (Å²) in [6.07, 6.45) is 0. The summed E-state index contributed by atoms with van der Waals surface area (Å²) in [5.74, 6) is 0. The molecule has 0 radical (unpaired) electrons. The lowest BCUT2D eigenvalue weighted by Crippen LogP contribution is -2.10. The number of nitrogens with zero attached hydrogens (tertiary/aromatic N) is 1. The summed E-state index contributed by atoms with van der Waals surface area (Å²) >= 11 is 1.90. The maximum atomic E-state index is 2.45. The van der Waals surface area contributed by atoms with Crippen molar-refractivity contribution in [2.24, 2.45) is 0 Å². The zero-order valence-electron chi connectivity index (χ0n) is 32.9. The number of hydrogen-bond acceptors (Lipinski definition) is 2. The molecule has 0 spiro atoms. The monoisotopic (exact) mass is 781 g/mol. The Labute approximate surface area is 354 Å². The van der Waals surface area contributed by atoms with E-state index in [9.17, 15) is 0 Å². The van der Waals surface area contributed by atoms with Gasteiger partial charge in [-0.25, -0.2) is 0 Å². The number of benzene rings is 10. The van der Waals surface area contributed by atoms with Crippen LogP contribution >= 0.6 is 11.3 Å². The summed E-state index contributed by atoms with van der Waals surface area (Å²) in [6.45, 7) is 0. The van der Waals surface area contributed by atoms with Crippen LogP contribution in [0.4, 0.5) is 17.1 Å². The van der Waals surface area contributed by atoms with E-state index in [-0.39, 0.29) is 0 Å². The molecule has 1 heterocycles. The van der Waals surface area contributed by atoms with Gasteiger partial charge in [-0.1, -0.05) is 200 Å². The van der Waals surface area contributed by atoms with Crippen LogP contribution < -0.4 is 4.90 Å². The minimum atomic E-state index is 1.10. The van der Waals surface area contributed by atoms with Crippen molar-refractivity contribution >= 4 is 59.3 Å². The molecule has 10 aromatic carbocycles. The summed E-state index contributed by atoms with van der Waals surface area (Å²) in [4.78, 5) is 2.45. The topological polar surface area (TPSA) is 3.24 Å². The van der Waals surface area contributed by atoms with Crippen LogP contribution in [0.5, 0.6) is 0 Å². The van der Waals surface area contributed by atoms with Gasteiger partial charge in [-0.2, -0.15) is 0 Å². The van der Waals surface area contributed by atoms with E-state index in [1.54, 1.807) is 0 Å². The Bertz CT molecular complexity index is 3260. The normalized spacial score (nSPS) is 11.3. The number of thiophene rings is 1. The zero-order chi connectivity index (χ0) is 39.8. The highest BCUT2D eigenvalue weighted by Crippen LogP contribution is 2.50. The highest BCUT2D eigenvalue weighted by atomic mass is 32.1. The van der Waals surface area contributed by atoms with E-state index in [0.717, 1.165) is 17.1 Å². The summed E-state index contributed by atoms with van der Waals surface area (Å²) < 4.78 is 2.55. The molecule has 0 aliphatic carbocycles. The molecule has 0 aliphatic heterocycles. The van der Waals surface area contributed by atoms with Gasteiger partial charge in [0.05, 0.1) is 10.4 Å². The van der Waals surface area contributed by atoms with Gasteiger partial charge in [0.15, 0.2) is 0 Å². The van der Waals surface area contributed by atoms with Crippen LogP contribution in [0.3, 0.4) is 0 Å². The molecule has 0 N–H and O–H groups in total. The van der Waals surface area contributed by atoms with Gasteiger partial charge in [0, 0.05) is 26.8 Å². The molecular formula is C58H39NS. The van der Waals surface area contributed by atoms with Gasteiger partial charge in [-0.15, -0.1) is 11.3 Å². The molecule has 0 bridgehead atoms. The maximum Gasteiger partial charge on any atom is 0.0640 e. The SMILES string of the molecule is c1ccc(-c2ccc(-c3ccc(N(c4ccc(-c5ccc6ccccc6c5)cc4)c4ccc(-c5ccccc5)c5c4sc4c(-c6ccccc6)cccc45)cc3)cc2)cc1. The van der Waals surface area contributed by atoms with Gasteiger partial charge in [0.2, 0.25) is 0 Å². The third-order valence-electron chi connectivity index (χ3n) is 11.7. The third kappa shape index (κ3) is 6.54. The lowest BCUT2D eigenvalue weighted by Gasteiger charge is -2.27. The molecule has 1 nitrogen and oxygen atoms in total. The fraction of sp³-hybridized carbons (Fsp3) is 0. The molecule has 1 aromatic heterocycles. The molecule has 282 valence electrons. The zero-order valence-corrected chi connectivity index (χ0v) is 33.7. The van der Waals surface area contributed by atoms with Crippen LogP contribution in [0.2, 0.25) is 0 Å². The Balaban J connectivity index is 1.08. The summed E-state index contributed by atoms with van der Waals surface area (Å²) in [5.41, 5.74) is 15.5. The molecule has 0 saturated carbocycles. The first-order chi connectivity index (χ1) is 29.7. The highest BCUT2D eigenvalue weighted by molar-refractivity contribution is 7.27. The fourth-order valence-corrected chi connectivity index (χ4v) is 10.0. The second-order valence-corrected chi connectivity index (χ2v) is 16.3. The molecule has 2 heteroatoms. The largest absolute Gasteiger partial charge is 0.309 e. The van der Waals surface area contributed by atoms with Crippen LogP contribution in [0.15, 0.2) is 237 Å². The van der Waals surface area contributed by atoms with Crippen LogP contribution in [0, 0.1) is 0 Å². The molecule has 11 aromatic rings. The Morgan fingerprint density at radius 2 is 0.750 bits per heavy atom. The molecule has 11 rings (SSSR count). The Hall–Kier alpha value is -7.52. The van der Waals surface area contributed by atoms with E-state index in [0.29, 0.717) is 0 Å². The molecule has 0 fully saturated rings. The van der Waals surface area contributed by atoms with Crippen molar-refractivity contribution in [1.82, 2.24) is 0 Å². The summed E-state index contributed by atoms with van der Waals surface area (Å²) in [6, 6.07) is 86.0. The lowest BCUT2D eigenvalue weighted by molar-refractivity contribution is 1.30. The first-order valence-electron chi connectivity index (χ1n) is 20.5. The lowest BCUT2D eigenvalue weighted by atomic mass is 9.96. The third-order valence-corrected chi connectivity index (χ3v) is 13.0. The second kappa shape index (κ2) is 15.3. The first-order valence-corrected chi connectivity index (χ1v) is 21.3. The molecular weight excluding hydrogens is 743 g/mol. The van der Waals surface area contributed by atoms with Gasteiger partial charge < -0.3 is 4.90 Å². The van der Waals surface area contributed by atoms with Crippen molar-refractivity contribution in [3.05, 3.63) is 237 Å². The minimum Gasteiger partial charge on any atom is -0.309 e. The van der Waals surface area contributed by atoms with Crippen molar-refractivity contribution in [2.45, 2.75) is 0 Å². The quantitative estimate of drug-likeness (QED) is 0.148. The van der Waals surface area contributed by atoms with Crippen molar-refractivity contribution in [3.8, 4) is 55.6 Å². The fourth-order valence-electron chi connectivity index (χ4n) is 8.66. The average molecular weight is 782 g/mol. The molecule has 0 saturated heterocycles. The van der Waals surface area contributed by atoms with E-state index in [1.807, 2.05) is 11.3 Å². The predicted octanol–water partition coefficient (Wildman–Crippen LogP) is 17.0. The standard InChI is InChI=1S/C58H39NS/c1-4-13-40(14-5-1)42-23-25-43(26-24-42)44-29-33-50(34-30-44)59(51-35-31-45(32-36-51)49-28-27-41-15-10-11-20-48(41)39-49)55-38-37-52(46-16-6-2-7-17-46)56-54-22-12-21-53(57(54)60-58(55)56)47-18-8-3-9-19-47/h1-39H. The Kier molecular flexibility index (Phi) is 9.11. The van der Waals surface area contributed by atoms with Crippen molar-refractivity contribution in [1.29, 1.82) is 0 Å². The first kappa shape index (κ1) is 35.6. The average Bonchev–Trinajstić information content (AvgIpc) is 3.73. The van der Waals surface area contributed by atoms with E-state index in [2.05, 4.69) is 241 Å². The van der Waals surface area contributed by atoms with Crippen molar-refractivity contribution in [3.63, 3.8) is 0 Å². The van der Waals surface area contributed by atoms with Crippen LogP contribution in [-0.2, 0) is 0 Å². The summed E-state index contributed by atoms with van der Waals surface area (Å²) in [5, 5.41) is 5.06. The van der Waals surface area contributed by atoms with Gasteiger partial charge in [-0.3, -0.25) is 0 Å². The van der Waals surface area contributed by atoms with Gasteiger partial charge in [0.25, 0.3) is 0 Å². The predicted molar refractivity (Wildman–Crippen MR) is 259 cm³/mol. The van der Waals surface area contributed by atoms with E-state index in [4.69, 9.17) is 0 Å². The van der Waals surface area contributed by atoms with E-state index in [1.165, 1.54) is 86.6 Å². The van der Waals surface area contributed by atoms with E-state index >= 15 is 0 Å². The number of rotatable bonds is 8. The number of anilines is 3. The maximum absolute atomic E-state index is 2.45. The second-order valence-electron chi connectivity index (χ2n) is 15.3. The van der Waals surface area contributed by atoms with Gasteiger partial charge >= 0.3 is 0 Å². The molecule has 0 aliphatic rings. The molecule has 60 heavy (non-hydrogen) atoms. The highest BCUT2D eigenvalue weighted by Gasteiger charge is 2.22. The molecule has 0 amide bonds.